The first-order valence-corrected chi connectivity index (χ1v) is 6.57. The molecule has 5 heteroatoms. The number of amides is 1. The van der Waals surface area contributed by atoms with Crippen LogP contribution in [0.3, 0.4) is 0 Å². The van der Waals surface area contributed by atoms with E-state index in [0.717, 1.165) is 5.39 Å². The molecule has 2 rings (SSSR count). The van der Waals surface area contributed by atoms with Gasteiger partial charge in [-0.1, -0.05) is 18.2 Å². The highest BCUT2D eigenvalue weighted by Crippen LogP contribution is 2.20. The van der Waals surface area contributed by atoms with Crippen molar-refractivity contribution in [3.63, 3.8) is 0 Å². The first kappa shape index (κ1) is 14.1. The maximum absolute atomic E-state index is 12.1. The van der Waals surface area contributed by atoms with E-state index in [-0.39, 0.29) is 18.4 Å². The van der Waals surface area contributed by atoms with Crippen LogP contribution in [0, 0.1) is 0 Å². The number of fused-ring (bicyclic) bond motifs is 1. The standard InChI is InChI=1S/C15H17NO4/c1-10(5-4-8-14(17)18)16-15(19)12-9-20-13-7-3-2-6-11(12)13/h2-3,6-7,9-10H,4-5,8H2,1H3,(H,16,19)(H,17,18). The van der Waals surface area contributed by atoms with Crippen LogP contribution in [-0.2, 0) is 4.79 Å². The van der Waals surface area contributed by atoms with Gasteiger partial charge in [0.25, 0.3) is 5.91 Å². The summed E-state index contributed by atoms with van der Waals surface area (Å²) in [6.45, 7) is 1.86. The second-order valence-corrected chi connectivity index (χ2v) is 4.81. The molecule has 0 aliphatic carbocycles. The van der Waals surface area contributed by atoms with Gasteiger partial charge in [-0.2, -0.15) is 0 Å². The van der Waals surface area contributed by atoms with Gasteiger partial charge in [0.2, 0.25) is 0 Å². The van der Waals surface area contributed by atoms with E-state index < -0.39 is 5.97 Å². The third kappa shape index (κ3) is 3.38. The highest BCUT2D eigenvalue weighted by molar-refractivity contribution is 6.05. The summed E-state index contributed by atoms with van der Waals surface area (Å²) < 4.78 is 5.33. The Bertz CT molecular complexity index is 617. The Kier molecular flexibility index (Phi) is 4.40. The van der Waals surface area contributed by atoms with Gasteiger partial charge in [0.1, 0.15) is 11.8 Å². The zero-order chi connectivity index (χ0) is 14.5. The second-order valence-electron chi connectivity index (χ2n) is 4.81. The molecule has 1 unspecified atom stereocenters. The number of aliphatic carboxylic acids is 1. The maximum Gasteiger partial charge on any atom is 0.303 e. The van der Waals surface area contributed by atoms with E-state index in [1.807, 2.05) is 31.2 Å². The van der Waals surface area contributed by atoms with Gasteiger partial charge < -0.3 is 14.8 Å². The average molecular weight is 275 g/mol. The molecule has 0 saturated heterocycles. The van der Waals surface area contributed by atoms with Crippen molar-refractivity contribution < 1.29 is 19.1 Å². The Balaban J connectivity index is 1.96. The van der Waals surface area contributed by atoms with Crippen LogP contribution >= 0.6 is 0 Å². The summed E-state index contributed by atoms with van der Waals surface area (Å²) in [5, 5.41) is 12.2. The molecule has 0 saturated carbocycles. The van der Waals surface area contributed by atoms with Gasteiger partial charge in [0.05, 0.1) is 5.56 Å². The minimum absolute atomic E-state index is 0.0736. The predicted molar refractivity (Wildman–Crippen MR) is 74.6 cm³/mol. The first-order chi connectivity index (χ1) is 9.58. The molecule has 20 heavy (non-hydrogen) atoms. The Hall–Kier alpha value is -2.30. The van der Waals surface area contributed by atoms with Crippen LogP contribution < -0.4 is 5.32 Å². The van der Waals surface area contributed by atoms with Gasteiger partial charge in [-0.3, -0.25) is 9.59 Å². The second kappa shape index (κ2) is 6.23. The predicted octanol–water partition coefficient (Wildman–Crippen LogP) is 2.81. The molecule has 0 spiro atoms. The van der Waals surface area contributed by atoms with Crippen LogP contribution in [0.1, 0.15) is 36.5 Å². The number of carbonyl (C=O) groups excluding carboxylic acids is 1. The number of nitrogens with one attached hydrogen (secondary N) is 1. The number of carbonyl (C=O) groups is 2. The van der Waals surface area contributed by atoms with Gasteiger partial charge in [-0.15, -0.1) is 0 Å². The van der Waals surface area contributed by atoms with Crippen LogP contribution in [-0.4, -0.2) is 23.0 Å². The molecule has 5 nitrogen and oxygen atoms in total. The van der Waals surface area contributed by atoms with Gasteiger partial charge in [-0.25, -0.2) is 0 Å². The first-order valence-electron chi connectivity index (χ1n) is 6.57. The number of carboxylic acids is 1. The summed E-state index contributed by atoms with van der Waals surface area (Å²) in [4.78, 5) is 22.6. The molecule has 2 N–H and O–H groups in total. The average Bonchev–Trinajstić information content (AvgIpc) is 2.82. The zero-order valence-electron chi connectivity index (χ0n) is 11.3. The van der Waals surface area contributed by atoms with Crippen molar-refractivity contribution in [3.05, 3.63) is 36.1 Å². The van der Waals surface area contributed by atoms with E-state index in [2.05, 4.69) is 5.32 Å². The molecule has 0 radical (unpaired) electrons. The smallest absolute Gasteiger partial charge is 0.303 e. The molecule has 0 fully saturated rings. The largest absolute Gasteiger partial charge is 0.481 e. The molecule has 0 aliphatic heterocycles. The third-order valence-electron chi connectivity index (χ3n) is 3.13. The van der Waals surface area contributed by atoms with Crippen molar-refractivity contribution >= 4 is 22.8 Å². The SMILES string of the molecule is CC(CCCC(=O)O)NC(=O)c1coc2ccccc12. The number of benzene rings is 1. The van der Waals surface area contributed by atoms with Crippen molar-refractivity contribution in [3.8, 4) is 0 Å². The molecule has 1 heterocycles. The number of rotatable bonds is 6. The molecular weight excluding hydrogens is 258 g/mol. The molecule has 0 aliphatic rings. The van der Waals surface area contributed by atoms with E-state index in [1.54, 1.807) is 0 Å². The maximum atomic E-state index is 12.1. The number of hydrogen-bond acceptors (Lipinski definition) is 3. The lowest BCUT2D eigenvalue weighted by atomic mass is 10.1. The lowest BCUT2D eigenvalue weighted by molar-refractivity contribution is -0.137. The van der Waals surface area contributed by atoms with Crippen LogP contribution in [0.25, 0.3) is 11.0 Å². The van der Waals surface area contributed by atoms with Crippen LogP contribution in [0.5, 0.6) is 0 Å². The molecule has 1 atom stereocenters. The highest BCUT2D eigenvalue weighted by Gasteiger charge is 2.15. The minimum Gasteiger partial charge on any atom is -0.481 e. The van der Waals surface area contributed by atoms with Crippen molar-refractivity contribution in [2.75, 3.05) is 0 Å². The minimum atomic E-state index is -0.815. The molecule has 1 aromatic heterocycles. The van der Waals surface area contributed by atoms with Crippen LogP contribution in [0.15, 0.2) is 34.9 Å². The number of hydrogen-bond donors (Lipinski definition) is 2. The van der Waals surface area contributed by atoms with Crippen LogP contribution in [0.2, 0.25) is 0 Å². The lowest BCUT2D eigenvalue weighted by Gasteiger charge is -2.12. The zero-order valence-corrected chi connectivity index (χ0v) is 11.3. The van der Waals surface area contributed by atoms with E-state index in [1.165, 1.54) is 6.26 Å². The summed E-state index contributed by atoms with van der Waals surface area (Å²) in [7, 11) is 0. The fourth-order valence-corrected chi connectivity index (χ4v) is 2.09. The fraction of sp³-hybridized carbons (Fsp3) is 0.333. The van der Waals surface area contributed by atoms with Crippen molar-refractivity contribution in [1.29, 1.82) is 0 Å². The van der Waals surface area contributed by atoms with E-state index in [4.69, 9.17) is 9.52 Å². The summed E-state index contributed by atoms with van der Waals surface area (Å²) in [5.41, 5.74) is 1.18. The summed E-state index contributed by atoms with van der Waals surface area (Å²) in [5.74, 6) is -1.01. The van der Waals surface area contributed by atoms with Crippen molar-refractivity contribution in [1.82, 2.24) is 5.32 Å². The monoisotopic (exact) mass is 275 g/mol. The van der Waals surface area contributed by atoms with Gasteiger partial charge in [0.15, 0.2) is 0 Å². The quantitative estimate of drug-likeness (QED) is 0.849. The molecule has 0 bridgehead atoms. The normalized spacial score (nSPS) is 12.2. The summed E-state index contributed by atoms with van der Waals surface area (Å²) >= 11 is 0. The van der Waals surface area contributed by atoms with E-state index >= 15 is 0 Å². The van der Waals surface area contributed by atoms with E-state index in [0.29, 0.717) is 24.0 Å². The van der Waals surface area contributed by atoms with Gasteiger partial charge >= 0.3 is 5.97 Å². The number of para-hydroxylation sites is 1. The van der Waals surface area contributed by atoms with Crippen molar-refractivity contribution in [2.24, 2.45) is 0 Å². The molecular formula is C15H17NO4. The number of furan rings is 1. The Labute approximate surface area is 116 Å². The van der Waals surface area contributed by atoms with Gasteiger partial charge in [-0.05, 0) is 25.8 Å². The molecule has 1 amide bonds. The number of carboxylic acid groups (broad SMARTS) is 1. The topological polar surface area (TPSA) is 79.5 Å². The highest BCUT2D eigenvalue weighted by atomic mass is 16.4. The summed E-state index contributed by atoms with van der Waals surface area (Å²) in [6, 6.07) is 7.27. The van der Waals surface area contributed by atoms with Gasteiger partial charge in [0, 0.05) is 17.8 Å². The molecule has 1 aromatic carbocycles. The van der Waals surface area contributed by atoms with Crippen molar-refractivity contribution in [2.45, 2.75) is 32.2 Å². The molecule has 106 valence electrons. The van der Waals surface area contributed by atoms with E-state index in [9.17, 15) is 9.59 Å². The fourth-order valence-electron chi connectivity index (χ4n) is 2.09. The Morgan fingerprint density at radius 1 is 1.35 bits per heavy atom. The summed E-state index contributed by atoms with van der Waals surface area (Å²) in [6.07, 6.45) is 2.75. The van der Waals surface area contributed by atoms with Crippen LogP contribution in [0.4, 0.5) is 0 Å². The Morgan fingerprint density at radius 2 is 2.10 bits per heavy atom. The lowest BCUT2D eigenvalue weighted by Crippen LogP contribution is -2.32. The molecule has 2 aromatic rings. The third-order valence-corrected chi connectivity index (χ3v) is 3.13. The Morgan fingerprint density at radius 3 is 2.85 bits per heavy atom.